The lowest BCUT2D eigenvalue weighted by Gasteiger charge is -2.37. The number of carbonyl (C=O) groups is 1. The van der Waals surface area contributed by atoms with Crippen molar-refractivity contribution in [3.05, 3.63) is 28.0 Å². The van der Waals surface area contributed by atoms with Gasteiger partial charge in [-0.2, -0.15) is 0 Å². The molecule has 2 atom stereocenters. The van der Waals surface area contributed by atoms with Gasteiger partial charge in [-0.15, -0.1) is 0 Å². The molecule has 1 saturated heterocycles. The summed E-state index contributed by atoms with van der Waals surface area (Å²) < 4.78 is 32.4. The van der Waals surface area contributed by atoms with Gasteiger partial charge in [0.2, 0.25) is 0 Å². The molecule has 1 saturated carbocycles. The summed E-state index contributed by atoms with van der Waals surface area (Å²) in [5.74, 6) is -0.263. The number of nitrogens with zero attached hydrogens (tertiary/aromatic N) is 1. The Hall–Kier alpha value is -1.38. The number of rotatable bonds is 5. The highest BCUT2D eigenvalue weighted by Gasteiger charge is 2.34. The quantitative estimate of drug-likeness (QED) is 0.722. The molecule has 1 aliphatic heterocycles. The number of amides is 1. The molecule has 0 spiro atoms. The average Bonchev–Trinajstić information content (AvgIpc) is 2.60. The maximum absolute atomic E-state index is 15.0. The predicted molar refractivity (Wildman–Crippen MR) is 108 cm³/mol. The molecule has 3 rings (SSSR count). The molecule has 0 unspecified atom stereocenters. The smallest absolute Gasteiger partial charge is 0.407 e. The molecule has 6 nitrogen and oxygen atoms in total. The van der Waals surface area contributed by atoms with Crippen LogP contribution in [-0.2, 0) is 20.8 Å². The number of ether oxygens (including phenoxy) is 3. The first kappa shape index (κ1) is 21.3. The van der Waals surface area contributed by atoms with Crippen LogP contribution < -0.4 is 10.2 Å². The Morgan fingerprint density at radius 3 is 2.64 bits per heavy atom. The number of benzene rings is 1. The Morgan fingerprint density at radius 1 is 1.32 bits per heavy atom. The second-order valence-corrected chi connectivity index (χ2v) is 9.09. The second-order valence-electron chi connectivity index (χ2n) is 8.18. The lowest BCUT2D eigenvalue weighted by molar-refractivity contribution is -0.0399. The maximum atomic E-state index is 15.0. The van der Waals surface area contributed by atoms with E-state index in [1.807, 2.05) is 25.7 Å². The van der Waals surface area contributed by atoms with Gasteiger partial charge in [0.25, 0.3) is 0 Å². The minimum Gasteiger partial charge on any atom is -0.444 e. The van der Waals surface area contributed by atoms with Crippen LogP contribution in [0.3, 0.4) is 0 Å². The number of morpholine rings is 1. The zero-order valence-electron chi connectivity index (χ0n) is 16.6. The minimum atomic E-state index is -0.542. The van der Waals surface area contributed by atoms with Crippen molar-refractivity contribution in [3.63, 3.8) is 0 Å². The highest BCUT2D eigenvalue weighted by atomic mass is 79.9. The van der Waals surface area contributed by atoms with Crippen molar-refractivity contribution in [2.24, 2.45) is 0 Å². The lowest BCUT2D eigenvalue weighted by Crippen LogP contribution is -2.52. The molecule has 1 aliphatic carbocycles. The Bertz CT molecular complexity index is 704. The molecule has 8 heteroatoms. The SMILES string of the molecule is CC(C)(C)OC(=O)N[C@@H]1CC[C@H]1OCc1cc(Br)cc(N2CCOCC2)c1F. The normalized spacial score (nSPS) is 22.5. The van der Waals surface area contributed by atoms with Crippen LogP contribution in [0.5, 0.6) is 0 Å². The summed E-state index contributed by atoms with van der Waals surface area (Å²) in [5.41, 5.74) is 0.520. The Labute approximate surface area is 173 Å². The summed E-state index contributed by atoms with van der Waals surface area (Å²) in [7, 11) is 0. The van der Waals surface area contributed by atoms with E-state index in [4.69, 9.17) is 14.2 Å². The molecule has 1 amide bonds. The summed E-state index contributed by atoms with van der Waals surface area (Å²) in [4.78, 5) is 13.9. The summed E-state index contributed by atoms with van der Waals surface area (Å²) in [6.07, 6.45) is 1.06. The van der Waals surface area contributed by atoms with Crippen molar-refractivity contribution in [1.29, 1.82) is 0 Å². The first-order valence-corrected chi connectivity index (χ1v) is 10.4. The molecule has 28 heavy (non-hydrogen) atoms. The van der Waals surface area contributed by atoms with Gasteiger partial charge in [0.05, 0.1) is 37.7 Å². The first-order chi connectivity index (χ1) is 13.2. The molecular formula is C20H28BrFN2O4. The van der Waals surface area contributed by atoms with Crippen LogP contribution in [0.15, 0.2) is 16.6 Å². The summed E-state index contributed by atoms with van der Waals surface area (Å²) >= 11 is 3.47. The van der Waals surface area contributed by atoms with Crippen molar-refractivity contribution in [2.45, 2.75) is 58.0 Å². The molecule has 0 aromatic heterocycles. The molecule has 1 aromatic carbocycles. The van der Waals surface area contributed by atoms with Crippen molar-refractivity contribution < 1.29 is 23.4 Å². The van der Waals surface area contributed by atoms with Gasteiger partial charge in [-0.05, 0) is 45.7 Å². The number of anilines is 1. The third-order valence-corrected chi connectivity index (χ3v) is 5.27. The van der Waals surface area contributed by atoms with Crippen molar-refractivity contribution in [3.8, 4) is 0 Å². The van der Waals surface area contributed by atoms with Gasteiger partial charge in [-0.1, -0.05) is 15.9 Å². The van der Waals surface area contributed by atoms with Crippen molar-refractivity contribution in [1.82, 2.24) is 5.32 Å². The highest BCUT2D eigenvalue weighted by molar-refractivity contribution is 9.10. The Kier molecular flexibility index (Phi) is 6.83. The van der Waals surface area contributed by atoms with Crippen LogP contribution >= 0.6 is 15.9 Å². The fraction of sp³-hybridized carbons (Fsp3) is 0.650. The molecule has 0 radical (unpaired) electrons. The topological polar surface area (TPSA) is 60.0 Å². The molecule has 1 heterocycles. The van der Waals surface area contributed by atoms with E-state index >= 15 is 4.39 Å². The van der Waals surface area contributed by atoms with Crippen LogP contribution in [0.4, 0.5) is 14.9 Å². The predicted octanol–water partition coefficient (Wildman–Crippen LogP) is 4.00. The van der Waals surface area contributed by atoms with Crippen LogP contribution in [0, 0.1) is 5.82 Å². The van der Waals surface area contributed by atoms with Crippen molar-refractivity contribution >= 4 is 27.7 Å². The molecular weight excluding hydrogens is 431 g/mol. The third-order valence-electron chi connectivity index (χ3n) is 4.81. The van der Waals surface area contributed by atoms with Crippen LogP contribution in [-0.4, -0.2) is 50.1 Å². The van der Waals surface area contributed by atoms with E-state index in [0.717, 1.165) is 17.3 Å². The van der Waals surface area contributed by atoms with E-state index in [9.17, 15) is 4.79 Å². The maximum Gasteiger partial charge on any atom is 0.407 e. The van der Waals surface area contributed by atoms with Crippen LogP contribution in [0.25, 0.3) is 0 Å². The number of nitrogens with one attached hydrogen (secondary N) is 1. The van der Waals surface area contributed by atoms with Gasteiger partial charge in [0, 0.05) is 23.1 Å². The van der Waals surface area contributed by atoms with Gasteiger partial charge in [0.15, 0.2) is 5.82 Å². The van der Waals surface area contributed by atoms with Crippen LogP contribution in [0.1, 0.15) is 39.2 Å². The summed E-state index contributed by atoms with van der Waals surface area (Å²) in [6.45, 7) is 8.14. The van der Waals surface area contributed by atoms with Crippen molar-refractivity contribution in [2.75, 3.05) is 31.2 Å². The standard InChI is InChI=1S/C20H28BrFN2O4/c1-20(2,3)28-19(25)23-15-4-5-17(15)27-12-13-10-14(21)11-16(18(13)22)24-6-8-26-9-7-24/h10-11,15,17H,4-9,12H2,1-3H3,(H,23,25)/t15-,17-/m1/s1. The van der Waals surface area contributed by atoms with E-state index in [1.165, 1.54) is 0 Å². The van der Waals surface area contributed by atoms with Gasteiger partial charge in [-0.3, -0.25) is 0 Å². The van der Waals surface area contributed by atoms with Crippen LogP contribution in [0.2, 0.25) is 0 Å². The zero-order chi connectivity index (χ0) is 20.3. The summed E-state index contributed by atoms with van der Waals surface area (Å²) in [6, 6.07) is 3.43. The average molecular weight is 459 g/mol. The number of hydrogen-bond donors (Lipinski definition) is 1. The molecule has 1 aromatic rings. The second kappa shape index (κ2) is 8.97. The highest BCUT2D eigenvalue weighted by Crippen LogP contribution is 2.30. The molecule has 156 valence electrons. The van der Waals surface area contributed by atoms with Gasteiger partial charge < -0.3 is 24.4 Å². The van der Waals surface area contributed by atoms with E-state index < -0.39 is 11.7 Å². The van der Waals surface area contributed by atoms with E-state index in [1.54, 1.807) is 12.1 Å². The third kappa shape index (κ3) is 5.58. The fourth-order valence-corrected chi connectivity index (χ4v) is 3.75. The number of alkyl carbamates (subject to hydrolysis) is 1. The summed E-state index contributed by atoms with van der Waals surface area (Å²) in [5, 5.41) is 2.84. The number of halogens is 2. The van der Waals surface area contributed by atoms with Gasteiger partial charge in [0.1, 0.15) is 5.60 Å². The van der Waals surface area contributed by atoms with Gasteiger partial charge in [-0.25, -0.2) is 9.18 Å². The Balaban J connectivity index is 1.58. The number of hydrogen-bond acceptors (Lipinski definition) is 5. The largest absolute Gasteiger partial charge is 0.444 e. The molecule has 1 N–H and O–H groups in total. The first-order valence-electron chi connectivity index (χ1n) is 9.64. The van der Waals surface area contributed by atoms with E-state index in [-0.39, 0.29) is 24.6 Å². The van der Waals surface area contributed by atoms with Gasteiger partial charge >= 0.3 is 6.09 Å². The minimum absolute atomic E-state index is 0.108. The lowest BCUT2D eigenvalue weighted by atomic mass is 9.89. The monoisotopic (exact) mass is 458 g/mol. The van der Waals surface area contributed by atoms with E-state index in [2.05, 4.69) is 21.2 Å². The molecule has 2 fully saturated rings. The fourth-order valence-electron chi connectivity index (χ4n) is 3.26. The number of carbonyl (C=O) groups excluding carboxylic acids is 1. The molecule has 0 bridgehead atoms. The zero-order valence-corrected chi connectivity index (χ0v) is 18.2. The van der Waals surface area contributed by atoms with E-state index in [0.29, 0.717) is 37.6 Å². The Morgan fingerprint density at radius 2 is 2.04 bits per heavy atom. The molecule has 2 aliphatic rings.